The lowest BCUT2D eigenvalue weighted by Gasteiger charge is -2.15. The van der Waals surface area contributed by atoms with E-state index in [9.17, 15) is 14.7 Å². The number of hydrogen-bond acceptors (Lipinski definition) is 4. The lowest BCUT2D eigenvalue weighted by molar-refractivity contribution is -0.130. The summed E-state index contributed by atoms with van der Waals surface area (Å²) in [6.45, 7) is 3.45. The van der Waals surface area contributed by atoms with Crippen molar-refractivity contribution in [1.82, 2.24) is 19.9 Å². The summed E-state index contributed by atoms with van der Waals surface area (Å²) in [7, 11) is 0. The van der Waals surface area contributed by atoms with E-state index >= 15 is 0 Å². The number of amides is 1. The van der Waals surface area contributed by atoms with Crippen LogP contribution in [-0.4, -0.2) is 50.0 Å². The molecule has 0 aliphatic carbocycles. The van der Waals surface area contributed by atoms with Gasteiger partial charge in [0.05, 0.1) is 0 Å². The number of aromatic nitrogens is 3. The molecule has 3 rings (SSSR count). The van der Waals surface area contributed by atoms with E-state index in [0.29, 0.717) is 11.3 Å². The third-order valence-corrected chi connectivity index (χ3v) is 4.01. The lowest BCUT2D eigenvalue weighted by atomic mass is 10.1. The molecule has 0 radical (unpaired) electrons. The van der Waals surface area contributed by atoms with Gasteiger partial charge >= 0.3 is 5.97 Å². The van der Waals surface area contributed by atoms with Crippen molar-refractivity contribution < 1.29 is 14.7 Å². The Kier molecular flexibility index (Phi) is 4.10. The summed E-state index contributed by atoms with van der Waals surface area (Å²) in [5.74, 6) is -1.21. The normalized spacial score (nSPS) is 14.2. The zero-order valence-corrected chi connectivity index (χ0v) is 12.9. The summed E-state index contributed by atoms with van der Waals surface area (Å²) in [4.78, 5) is 25.5. The molecule has 0 bridgehead atoms. The summed E-state index contributed by atoms with van der Waals surface area (Å²) >= 11 is 0. The zero-order valence-electron chi connectivity index (χ0n) is 12.9. The first-order valence-electron chi connectivity index (χ1n) is 7.58. The molecule has 2 aromatic rings. The van der Waals surface area contributed by atoms with Crippen molar-refractivity contribution in [2.75, 3.05) is 13.1 Å². The van der Waals surface area contributed by atoms with Gasteiger partial charge in [0.1, 0.15) is 12.2 Å². The number of aromatic carboxylic acids is 1. The molecule has 1 aliphatic rings. The fourth-order valence-corrected chi connectivity index (χ4v) is 2.76. The fourth-order valence-electron chi connectivity index (χ4n) is 2.76. The number of nitrogens with zero attached hydrogens (tertiary/aromatic N) is 4. The Morgan fingerprint density at radius 2 is 1.83 bits per heavy atom. The summed E-state index contributed by atoms with van der Waals surface area (Å²) in [6.07, 6.45) is 2.02. The van der Waals surface area contributed by atoms with Crippen molar-refractivity contribution >= 4 is 11.9 Å². The van der Waals surface area contributed by atoms with Crippen LogP contribution in [0.2, 0.25) is 0 Å². The van der Waals surface area contributed by atoms with Crippen molar-refractivity contribution in [1.29, 1.82) is 0 Å². The Hall–Kier alpha value is -2.70. The van der Waals surface area contributed by atoms with E-state index < -0.39 is 5.97 Å². The zero-order chi connectivity index (χ0) is 16.4. The van der Waals surface area contributed by atoms with Crippen LogP contribution >= 0.6 is 0 Å². The van der Waals surface area contributed by atoms with Gasteiger partial charge in [-0.1, -0.05) is 35.0 Å². The fraction of sp³-hybridized carbons (Fsp3) is 0.375. The second-order valence-corrected chi connectivity index (χ2v) is 5.70. The van der Waals surface area contributed by atoms with Crippen molar-refractivity contribution in [3.63, 3.8) is 0 Å². The van der Waals surface area contributed by atoms with Crippen LogP contribution in [0.1, 0.15) is 28.9 Å². The molecule has 1 aromatic heterocycles. The van der Waals surface area contributed by atoms with Crippen LogP contribution in [0.15, 0.2) is 24.3 Å². The third kappa shape index (κ3) is 3.08. The standard InChI is InChI=1S/C16H18N4O3/c1-11-4-6-12(7-5-11)15-14(16(22)23)17-18-20(15)10-13(21)19-8-2-3-9-19/h4-7H,2-3,8-10H2,1H3,(H,22,23). The molecule has 1 saturated heterocycles. The molecule has 1 N–H and O–H groups in total. The van der Waals surface area contributed by atoms with E-state index in [1.807, 2.05) is 31.2 Å². The Balaban J connectivity index is 1.95. The van der Waals surface area contributed by atoms with Gasteiger partial charge in [0.15, 0.2) is 5.69 Å². The first-order chi connectivity index (χ1) is 11.1. The first kappa shape index (κ1) is 15.2. The Bertz CT molecular complexity index is 730. The quantitative estimate of drug-likeness (QED) is 0.925. The number of hydrogen-bond donors (Lipinski definition) is 1. The highest BCUT2D eigenvalue weighted by molar-refractivity contribution is 5.93. The van der Waals surface area contributed by atoms with Crippen LogP contribution in [0.3, 0.4) is 0 Å². The van der Waals surface area contributed by atoms with Crippen molar-refractivity contribution in [2.24, 2.45) is 0 Å². The number of carbonyl (C=O) groups excluding carboxylic acids is 1. The van der Waals surface area contributed by atoms with Gasteiger partial charge in [-0.25, -0.2) is 9.48 Å². The number of rotatable bonds is 4. The smallest absolute Gasteiger partial charge is 0.358 e. The van der Waals surface area contributed by atoms with Gasteiger partial charge in [0.25, 0.3) is 0 Å². The predicted molar refractivity (Wildman–Crippen MR) is 83.0 cm³/mol. The predicted octanol–water partition coefficient (Wildman–Crippen LogP) is 1.57. The average Bonchev–Trinajstić information content (AvgIpc) is 3.17. The van der Waals surface area contributed by atoms with E-state index in [-0.39, 0.29) is 18.1 Å². The van der Waals surface area contributed by atoms with Gasteiger partial charge in [0, 0.05) is 18.7 Å². The summed E-state index contributed by atoms with van der Waals surface area (Å²) < 4.78 is 1.38. The van der Waals surface area contributed by atoms with Crippen LogP contribution in [0.25, 0.3) is 11.3 Å². The Labute approximate surface area is 133 Å². The monoisotopic (exact) mass is 314 g/mol. The first-order valence-corrected chi connectivity index (χ1v) is 7.58. The number of carboxylic acids is 1. The molecule has 0 atom stereocenters. The van der Waals surface area contributed by atoms with E-state index in [1.54, 1.807) is 4.90 Å². The van der Waals surface area contributed by atoms with Gasteiger partial charge in [-0.3, -0.25) is 4.79 Å². The number of likely N-dealkylation sites (tertiary alicyclic amines) is 1. The topological polar surface area (TPSA) is 88.3 Å². The largest absolute Gasteiger partial charge is 0.476 e. The highest BCUT2D eigenvalue weighted by Crippen LogP contribution is 2.23. The van der Waals surface area contributed by atoms with Gasteiger partial charge in [0.2, 0.25) is 5.91 Å². The molecule has 0 unspecified atom stereocenters. The molecular formula is C16H18N4O3. The van der Waals surface area contributed by atoms with E-state index in [1.165, 1.54) is 4.68 Å². The maximum Gasteiger partial charge on any atom is 0.358 e. The van der Waals surface area contributed by atoms with Gasteiger partial charge in [-0.05, 0) is 19.8 Å². The summed E-state index contributed by atoms with van der Waals surface area (Å²) in [5, 5.41) is 17.0. The molecule has 23 heavy (non-hydrogen) atoms. The summed E-state index contributed by atoms with van der Waals surface area (Å²) in [5.41, 5.74) is 1.98. The Morgan fingerprint density at radius 1 is 1.17 bits per heavy atom. The van der Waals surface area contributed by atoms with E-state index in [2.05, 4.69) is 10.3 Å². The Morgan fingerprint density at radius 3 is 2.43 bits per heavy atom. The van der Waals surface area contributed by atoms with Gasteiger partial charge < -0.3 is 10.0 Å². The minimum atomic E-state index is -1.15. The van der Waals surface area contributed by atoms with Crippen LogP contribution < -0.4 is 0 Å². The van der Waals surface area contributed by atoms with E-state index in [4.69, 9.17) is 0 Å². The van der Waals surface area contributed by atoms with Crippen molar-refractivity contribution in [2.45, 2.75) is 26.3 Å². The van der Waals surface area contributed by atoms with Gasteiger partial charge in [-0.2, -0.15) is 0 Å². The number of carboxylic acid groups (broad SMARTS) is 1. The van der Waals surface area contributed by atoms with Crippen molar-refractivity contribution in [3.05, 3.63) is 35.5 Å². The van der Waals surface area contributed by atoms with Crippen molar-refractivity contribution in [3.8, 4) is 11.3 Å². The number of carbonyl (C=O) groups is 2. The highest BCUT2D eigenvalue weighted by atomic mass is 16.4. The lowest BCUT2D eigenvalue weighted by Crippen LogP contribution is -2.31. The second-order valence-electron chi connectivity index (χ2n) is 5.70. The average molecular weight is 314 g/mol. The summed E-state index contributed by atoms with van der Waals surface area (Å²) in [6, 6.07) is 7.41. The van der Waals surface area contributed by atoms with Crippen LogP contribution in [0, 0.1) is 6.92 Å². The molecular weight excluding hydrogens is 296 g/mol. The molecule has 0 saturated carbocycles. The maximum atomic E-state index is 12.3. The number of aryl methyl sites for hydroxylation is 1. The highest BCUT2D eigenvalue weighted by Gasteiger charge is 2.24. The third-order valence-electron chi connectivity index (χ3n) is 4.01. The molecule has 7 heteroatoms. The molecule has 1 aromatic carbocycles. The molecule has 7 nitrogen and oxygen atoms in total. The van der Waals surface area contributed by atoms with Crippen LogP contribution in [-0.2, 0) is 11.3 Å². The number of benzene rings is 1. The second kappa shape index (κ2) is 6.20. The van der Waals surface area contributed by atoms with Crippen LogP contribution in [0.4, 0.5) is 0 Å². The van der Waals surface area contributed by atoms with Crippen LogP contribution in [0.5, 0.6) is 0 Å². The molecule has 120 valence electrons. The molecule has 0 spiro atoms. The van der Waals surface area contributed by atoms with E-state index in [0.717, 1.165) is 31.5 Å². The SMILES string of the molecule is Cc1ccc(-c2c(C(=O)O)nnn2CC(=O)N2CCCC2)cc1. The molecule has 1 aliphatic heterocycles. The molecule has 1 amide bonds. The molecule has 2 heterocycles. The minimum Gasteiger partial charge on any atom is -0.476 e. The maximum absolute atomic E-state index is 12.3. The van der Waals surface area contributed by atoms with Gasteiger partial charge in [-0.15, -0.1) is 5.10 Å². The molecule has 1 fully saturated rings. The minimum absolute atomic E-state index is 0.00346.